The smallest absolute Gasteiger partial charge is 0.0406 e. The summed E-state index contributed by atoms with van der Waals surface area (Å²) in [6.07, 6.45) is 3.50. The summed E-state index contributed by atoms with van der Waals surface area (Å²) in [6.45, 7) is 6.72. The van der Waals surface area contributed by atoms with Crippen molar-refractivity contribution in [2.45, 2.75) is 44.7 Å². The Labute approximate surface area is 115 Å². The molecule has 0 saturated carbocycles. The second-order valence-electron chi connectivity index (χ2n) is 5.83. The van der Waals surface area contributed by atoms with Crippen molar-refractivity contribution in [3.63, 3.8) is 0 Å². The van der Waals surface area contributed by atoms with E-state index in [0.29, 0.717) is 6.04 Å². The first-order valence-electron chi connectivity index (χ1n) is 6.78. The lowest BCUT2D eigenvalue weighted by atomic mass is 9.89. The maximum absolute atomic E-state index is 5.88. The molecular weight excluding hydrogens is 244 g/mol. The highest BCUT2D eigenvalue weighted by molar-refractivity contribution is 6.30. The van der Waals surface area contributed by atoms with Crippen LogP contribution < -0.4 is 10.6 Å². The van der Waals surface area contributed by atoms with Gasteiger partial charge >= 0.3 is 0 Å². The molecule has 1 heterocycles. The maximum Gasteiger partial charge on any atom is 0.0406 e. The zero-order chi connectivity index (χ0) is 13.0. The third-order valence-electron chi connectivity index (χ3n) is 3.61. The lowest BCUT2D eigenvalue weighted by Gasteiger charge is -2.37. The van der Waals surface area contributed by atoms with Crippen LogP contribution >= 0.6 is 11.6 Å². The molecule has 1 aromatic rings. The van der Waals surface area contributed by atoms with E-state index < -0.39 is 0 Å². The molecule has 2 rings (SSSR count). The molecule has 2 nitrogen and oxygen atoms in total. The lowest BCUT2D eigenvalue weighted by molar-refractivity contribution is 0.249. The van der Waals surface area contributed by atoms with Gasteiger partial charge in [0.25, 0.3) is 0 Å². The molecule has 1 fully saturated rings. The molecule has 2 N–H and O–H groups in total. The molecule has 1 aromatic carbocycles. The largest absolute Gasteiger partial charge is 0.314 e. The minimum Gasteiger partial charge on any atom is -0.314 e. The molecular formula is C15H23ClN2. The van der Waals surface area contributed by atoms with Crippen LogP contribution in [-0.4, -0.2) is 24.7 Å². The predicted molar refractivity (Wildman–Crippen MR) is 78.3 cm³/mol. The summed E-state index contributed by atoms with van der Waals surface area (Å²) in [6, 6.07) is 8.79. The van der Waals surface area contributed by atoms with Gasteiger partial charge in [0, 0.05) is 16.6 Å². The Kier molecular flexibility index (Phi) is 4.66. The standard InChI is InChI=1S/C15H23ClN2/c1-15(2)11-14(8-10-18-15)17-9-7-12-3-5-13(16)6-4-12/h3-6,14,17-18H,7-11H2,1-2H3. The molecule has 0 amide bonds. The zero-order valence-electron chi connectivity index (χ0n) is 11.3. The molecule has 1 unspecified atom stereocenters. The van der Waals surface area contributed by atoms with Crippen molar-refractivity contribution in [3.8, 4) is 0 Å². The fraction of sp³-hybridized carbons (Fsp3) is 0.600. The third kappa shape index (κ3) is 4.27. The number of rotatable bonds is 4. The van der Waals surface area contributed by atoms with Gasteiger partial charge in [-0.2, -0.15) is 0 Å². The van der Waals surface area contributed by atoms with Gasteiger partial charge in [-0.25, -0.2) is 0 Å². The molecule has 1 aliphatic heterocycles. The molecule has 1 saturated heterocycles. The summed E-state index contributed by atoms with van der Waals surface area (Å²) >= 11 is 5.88. The fourth-order valence-corrected chi connectivity index (χ4v) is 2.75. The summed E-state index contributed by atoms with van der Waals surface area (Å²) in [4.78, 5) is 0. The van der Waals surface area contributed by atoms with Gasteiger partial charge in [-0.15, -0.1) is 0 Å². The molecule has 0 spiro atoms. The van der Waals surface area contributed by atoms with Crippen LogP contribution in [0.4, 0.5) is 0 Å². The van der Waals surface area contributed by atoms with Gasteiger partial charge in [-0.1, -0.05) is 23.7 Å². The molecule has 1 aliphatic rings. The number of hydrogen-bond donors (Lipinski definition) is 2. The van der Waals surface area contributed by atoms with E-state index in [1.807, 2.05) is 12.1 Å². The van der Waals surface area contributed by atoms with E-state index >= 15 is 0 Å². The van der Waals surface area contributed by atoms with E-state index in [-0.39, 0.29) is 5.54 Å². The number of benzene rings is 1. The van der Waals surface area contributed by atoms with Crippen molar-refractivity contribution in [3.05, 3.63) is 34.9 Å². The molecule has 3 heteroatoms. The number of halogens is 1. The van der Waals surface area contributed by atoms with Gasteiger partial charge in [-0.3, -0.25) is 0 Å². The van der Waals surface area contributed by atoms with Gasteiger partial charge in [-0.05, 0) is 63.9 Å². The highest BCUT2D eigenvalue weighted by atomic mass is 35.5. The summed E-state index contributed by atoms with van der Waals surface area (Å²) in [5.41, 5.74) is 1.62. The number of hydrogen-bond acceptors (Lipinski definition) is 2. The molecule has 0 radical (unpaired) electrons. The Hall–Kier alpha value is -0.570. The van der Waals surface area contributed by atoms with E-state index in [2.05, 4.69) is 36.6 Å². The molecule has 100 valence electrons. The van der Waals surface area contributed by atoms with Gasteiger partial charge in [0.2, 0.25) is 0 Å². The van der Waals surface area contributed by atoms with Crippen molar-refractivity contribution < 1.29 is 0 Å². The Morgan fingerprint density at radius 2 is 2.06 bits per heavy atom. The second-order valence-corrected chi connectivity index (χ2v) is 6.27. The number of piperidine rings is 1. The van der Waals surface area contributed by atoms with Gasteiger partial charge in [0.05, 0.1) is 0 Å². The molecule has 1 atom stereocenters. The van der Waals surface area contributed by atoms with Crippen LogP contribution in [0.5, 0.6) is 0 Å². The Balaban J connectivity index is 1.73. The molecule has 0 aromatic heterocycles. The highest BCUT2D eigenvalue weighted by Gasteiger charge is 2.26. The molecule has 0 bridgehead atoms. The van der Waals surface area contributed by atoms with Crippen LogP contribution in [0.1, 0.15) is 32.3 Å². The van der Waals surface area contributed by atoms with Crippen molar-refractivity contribution >= 4 is 11.6 Å². The highest BCUT2D eigenvalue weighted by Crippen LogP contribution is 2.18. The third-order valence-corrected chi connectivity index (χ3v) is 3.86. The van der Waals surface area contributed by atoms with Crippen molar-refractivity contribution in [1.82, 2.24) is 10.6 Å². The Bertz CT molecular complexity index is 373. The van der Waals surface area contributed by atoms with Crippen LogP contribution in [0, 0.1) is 0 Å². The van der Waals surface area contributed by atoms with Gasteiger partial charge < -0.3 is 10.6 Å². The monoisotopic (exact) mass is 266 g/mol. The zero-order valence-corrected chi connectivity index (χ0v) is 12.1. The van der Waals surface area contributed by atoms with Crippen LogP contribution in [0.25, 0.3) is 0 Å². The van der Waals surface area contributed by atoms with Crippen LogP contribution in [0.3, 0.4) is 0 Å². The fourth-order valence-electron chi connectivity index (χ4n) is 2.62. The van der Waals surface area contributed by atoms with Gasteiger partial charge in [0.1, 0.15) is 0 Å². The SMILES string of the molecule is CC1(C)CC(NCCc2ccc(Cl)cc2)CCN1. The van der Waals surface area contributed by atoms with Crippen LogP contribution in [0.15, 0.2) is 24.3 Å². The lowest BCUT2D eigenvalue weighted by Crippen LogP contribution is -2.52. The predicted octanol–water partition coefficient (Wildman–Crippen LogP) is 3.00. The second kappa shape index (κ2) is 6.05. The summed E-state index contributed by atoms with van der Waals surface area (Å²) in [5, 5.41) is 8.03. The first-order valence-corrected chi connectivity index (χ1v) is 7.16. The average Bonchev–Trinajstić information content (AvgIpc) is 2.30. The first kappa shape index (κ1) is 13.9. The van der Waals surface area contributed by atoms with E-state index in [1.54, 1.807) is 0 Å². The Morgan fingerprint density at radius 1 is 1.33 bits per heavy atom. The van der Waals surface area contributed by atoms with Crippen LogP contribution in [-0.2, 0) is 6.42 Å². The minimum atomic E-state index is 0.274. The quantitative estimate of drug-likeness (QED) is 0.876. The maximum atomic E-state index is 5.88. The summed E-state index contributed by atoms with van der Waals surface area (Å²) in [5.74, 6) is 0. The molecule has 18 heavy (non-hydrogen) atoms. The van der Waals surface area contributed by atoms with Crippen molar-refractivity contribution in [2.24, 2.45) is 0 Å². The molecule has 0 aliphatic carbocycles. The minimum absolute atomic E-state index is 0.274. The van der Waals surface area contributed by atoms with E-state index in [9.17, 15) is 0 Å². The normalized spacial score (nSPS) is 22.9. The van der Waals surface area contributed by atoms with Crippen LogP contribution in [0.2, 0.25) is 5.02 Å². The van der Waals surface area contributed by atoms with Crippen molar-refractivity contribution in [1.29, 1.82) is 0 Å². The summed E-state index contributed by atoms with van der Waals surface area (Å²) in [7, 11) is 0. The van der Waals surface area contributed by atoms with Crippen molar-refractivity contribution in [2.75, 3.05) is 13.1 Å². The van der Waals surface area contributed by atoms with E-state index in [4.69, 9.17) is 11.6 Å². The van der Waals surface area contributed by atoms with Gasteiger partial charge in [0.15, 0.2) is 0 Å². The summed E-state index contributed by atoms with van der Waals surface area (Å²) < 4.78 is 0. The number of nitrogens with one attached hydrogen (secondary N) is 2. The average molecular weight is 267 g/mol. The Morgan fingerprint density at radius 3 is 2.72 bits per heavy atom. The van der Waals surface area contributed by atoms with E-state index in [1.165, 1.54) is 18.4 Å². The topological polar surface area (TPSA) is 24.1 Å². The van der Waals surface area contributed by atoms with E-state index in [0.717, 1.165) is 24.5 Å². The first-order chi connectivity index (χ1) is 8.55.